The second kappa shape index (κ2) is 13.4. The third-order valence-corrected chi connectivity index (χ3v) is 8.25. The van der Waals surface area contributed by atoms with Gasteiger partial charge in [0.1, 0.15) is 35.6 Å². The maximum Gasteiger partial charge on any atom is 0.410 e. The molecule has 1 N–H and O–H groups in total. The number of nitrogens with zero attached hydrogens (tertiary/aromatic N) is 7. The SMILES string of the molecule is COc1cc(Nc2ncnc(-c3ccc(OC4CCN(C(=O)OC(C)(C)C)C4)c(C#N)c3)n2)ccc1N1CCN(C2COC2)CC1. The van der Waals surface area contributed by atoms with Crippen LogP contribution in [-0.4, -0.2) is 108 Å². The summed E-state index contributed by atoms with van der Waals surface area (Å²) in [6.45, 7) is 12.0. The van der Waals surface area contributed by atoms with Crippen molar-refractivity contribution in [3.8, 4) is 29.0 Å². The summed E-state index contributed by atoms with van der Waals surface area (Å²) in [6, 6.07) is 14.0. The maximum absolute atomic E-state index is 12.4. The average Bonchev–Trinajstić information content (AvgIpc) is 3.49. The number of ether oxygens (including phenoxy) is 4. The molecule has 1 unspecified atom stereocenters. The fourth-order valence-electron chi connectivity index (χ4n) is 5.76. The van der Waals surface area contributed by atoms with Crippen LogP contribution in [0.15, 0.2) is 42.7 Å². The Hall–Kier alpha value is -4.67. The van der Waals surface area contributed by atoms with Crippen LogP contribution in [0.2, 0.25) is 0 Å². The monoisotopic (exact) mass is 628 g/mol. The number of methoxy groups -OCH3 is 1. The number of hydrogen-bond acceptors (Lipinski definition) is 12. The Kier molecular flexibility index (Phi) is 9.10. The number of hydrogen-bond donors (Lipinski definition) is 1. The van der Waals surface area contributed by atoms with Crippen molar-refractivity contribution in [1.29, 1.82) is 5.26 Å². The number of aromatic nitrogens is 3. The van der Waals surface area contributed by atoms with E-state index in [1.165, 1.54) is 6.33 Å². The number of amides is 1. The molecule has 1 amide bonds. The predicted octanol–water partition coefficient (Wildman–Crippen LogP) is 4.07. The van der Waals surface area contributed by atoms with E-state index in [1.807, 2.05) is 39.0 Å². The van der Waals surface area contributed by atoms with E-state index < -0.39 is 5.60 Å². The van der Waals surface area contributed by atoms with Crippen LogP contribution < -0.4 is 19.7 Å². The highest BCUT2D eigenvalue weighted by atomic mass is 16.6. The van der Waals surface area contributed by atoms with Crippen LogP contribution in [0, 0.1) is 11.3 Å². The highest BCUT2D eigenvalue weighted by Crippen LogP contribution is 2.33. The van der Waals surface area contributed by atoms with Crippen molar-refractivity contribution in [2.24, 2.45) is 0 Å². The van der Waals surface area contributed by atoms with Crippen molar-refractivity contribution in [3.05, 3.63) is 48.3 Å². The average molecular weight is 629 g/mol. The molecule has 3 fully saturated rings. The van der Waals surface area contributed by atoms with Gasteiger partial charge in [0, 0.05) is 56.5 Å². The Labute approximate surface area is 269 Å². The standard InChI is InChI=1S/C33H40N8O5/c1-33(2,3)46-32(42)41-10-9-26(18-41)45-28-8-5-22(15-23(28)17-34)30-35-21-36-31(38-30)37-24-6-7-27(29(16-24)43-4)40-13-11-39(12-14-40)25-19-44-20-25/h5-8,15-16,21,25-26H,9-14,18-20H2,1-4H3,(H,35,36,37,38). The van der Waals surface area contributed by atoms with E-state index in [0.717, 1.165) is 56.5 Å². The van der Waals surface area contributed by atoms with Gasteiger partial charge in [0.2, 0.25) is 5.95 Å². The van der Waals surface area contributed by atoms with Gasteiger partial charge in [-0.05, 0) is 51.1 Å². The summed E-state index contributed by atoms with van der Waals surface area (Å²) < 4.78 is 22.7. The Morgan fingerprint density at radius 1 is 1.04 bits per heavy atom. The topological polar surface area (TPSA) is 138 Å². The normalized spacial score (nSPS) is 18.9. The fourth-order valence-corrected chi connectivity index (χ4v) is 5.76. The zero-order valence-corrected chi connectivity index (χ0v) is 26.7. The van der Waals surface area contributed by atoms with Crippen molar-refractivity contribution >= 4 is 23.4 Å². The summed E-state index contributed by atoms with van der Waals surface area (Å²) in [5.74, 6) is 1.99. The molecule has 3 saturated heterocycles. The van der Waals surface area contributed by atoms with E-state index in [0.29, 0.717) is 54.2 Å². The number of likely N-dealkylation sites (tertiary alicyclic amines) is 1. The molecule has 46 heavy (non-hydrogen) atoms. The number of piperazine rings is 1. The van der Waals surface area contributed by atoms with Gasteiger partial charge >= 0.3 is 6.09 Å². The first-order valence-corrected chi connectivity index (χ1v) is 15.6. The van der Waals surface area contributed by atoms with Crippen molar-refractivity contribution in [1.82, 2.24) is 24.8 Å². The Balaban J connectivity index is 1.10. The number of benzene rings is 2. The lowest BCUT2D eigenvalue weighted by Crippen LogP contribution is -2.56. The quantitative estimate of drug-likeness (QED) is 0.385. The minimum Gasteiger partial charge on any atom is -0.495 e. The van der Waals surface area contributed by atoms with Gasteiger partial charge in [0.15, 0.2) is 5.82 Å². The summed E-state index contributed by atoms with van der Waals surface area (Å²) >= 11 is 0. The molecule has 0 aliphatic carbocycles. The Morgan fingerprint density at radius 3 is 2.54 bits per heavy atom. The maximum atomic E-state index is 12.4. The molecule has 13 nitrogen and oxygen atoms in total. The molecule has 0 bridgehead atoms. The van der Waals surface area contributed by atoms with E-state index >= 15 is 0 Å². The molecular weight excluding hydrogens is 588 g/mol. The van der Waals surface area contributed by atoms with Crippen molar-refractivity contribution in [2.45, 2.75) is 44.9 Å². The van der Waals surface area contributed by atoms with Gasteiger partial charge in [-0.25, -0.2) is 14.8 Å². The van der Waals surface area contributed by atoms with E-state index in [1.54, 1.807) is 24.1 Å². The molecule has 1 aromatic heterocycles. The van der Waals surface area contributed by atoms with Gasteiger partial charge in [-0.15, -0.1) is 0 Å². The van der Waals surface area contributed by atoms with E-state index in [-0.39, 0.29) is 12.2 Å². The largest absolute Gasteiger partial charge is 0.495 e. The molecule has 1 atom stereocenters. The minimum absolute atomic E-state index is 0.242. The first-order chi connectivity index (χ1) is 22.2. The lowest BCUT2D eigenvalue weighted by molar-refractivity contribution is -0.0660. The number of carbonyl (C=O) groups excluding carboxylic acids is 1. The first kappa shape index (κ1) is 31.3. The molecule has 6 rings (SSSR count). The zero-order valence-electron chi connectivity index (χ0n) is 26.7. The fraction of sp³-hybridized carbons (Fsp3) is 0.485. The highest BCUT2D eigenvalue weighted by Gasteiger charge is 2.32. The van der Waals surface area contributed by atoms with Gasteiger partial charge < -0.3 is 34.1 Å². The van der Waals surface area contributed by atoms with Gasteiger partial charge in [-0.2, -0.15) is 10.2 Å². The van der Waals surface area contributed by atoms with Gasteiger partial charge in [0.25, 0.3) is 0 Å². The number of nitriles is 1. The highest BCUT2D eigenvalue weighted by molar-refractivity contribution is 5.69. The Morgan fingerprint density at radius 2 is 1.85 bits per heavy atom. The van der Waals surface area contributed by atoms with E-state index in [2.05, 4.69) is 42.2 Å². The molecule has 0 spiro atoms. The van der Waals surface area contributed by atoms with Gasteiger partial charge in [-0.3, -0.25) is 4.90 Å². The van der Waals surface area contributed by atoms with Crippen LogP contribution in [0.5, 0.6) is 11.5 Å². The summed E-state index contributed by atoms with van der Waals surface area (Å²) in [6.07, 6.45) is 1.47. The minimum atomic E-state index is -0.566. The summed E-state index contributed by atoms with van der Waals surface area (Å²) in [5.41, 5.74) is 2.27. The molecule has 242 valence electrons. The van der Waals surface area contributed by atoms with Gasteiger partial charge in [0.05, 0.1) is 44.2 Å². The van der Waals surface area contributed by atoms with E-state index in [9.17, 15) is 10.1 Å². The first-order valence-electron chi connectivity index (χ1n) is 15.6. The number of anilines is 3. The predicted molar refractivity (Wildman–Crippen MR) is 171 cm³/mol. The smallest absolute Gasteiger partial charge is 0.410 e. The van der Waals surface area contributed by atoms with Crippen LogP contribution in [0.1, 0.15) is 32.8 Å². The van der Waals surface area contributed by atoms with Crippen molar-refractivity contribution in [3.63, 3.8) is 0 Å². The molecule has 0 radical (unpaired) electrons. The second-order valence-electron chi connectivity index (χ2n) is 12.6. The lowest BCUT2D eigenvalue weighted by atomic mass is 10.1. The molecule has 0 saturated carbocycles. The molecule has 13 heteroatoms. The number of rotatable bonds is 8. The van der Waals surface area contributed by atoms with Crippen LogP contribution >= 0.6 is 0 Å². The third kappa shape index (κ3) is 7.24. The van der Waals surface area contributed by atoms with Crippen LogP contribution in [0.4, 0.5) is 22.1 Å². The van der Waals surface area contributed by atoms with Gasteiger partial charge in [-0.1, -0.05) is 0 Å². The van der Waals surface area contributed by atoms with Crippen LogP contribution in [0.3, 0.4) is 0 Å². The molecule has 3 aliphatic heterocycles. The van der Waals surface area contributed by atoms with Crippen LogP contribution in [-0.2, 0) is 9.47 Å². The molecule has 4 heterocycles. The summed E-state index contributed by atoms with van der Waals surface area (Å²) in [7, 11) is 1.68. The Bertz CT molecular complexity index is 1590. The van der Waals surface area contributed by atoms with E-state index in [4.69, 9.17) is 18.9 Å². The number of carbonyl (C=O) groups is 1. The molecule has 3 aromatic rings. The van der Waals surface area contributed by atoms with Crippen molar-refractivity contribution in [2.75, 3.05) is 69.8 Å². The molecular formula is C33H40N8O5. The summed E-state index contributed by atoms with van der Waals surface area (Å²) in [5, 5.41) is 13.2. The third-order valence-electron chi connectivity index (χ3n) is 8.25. The zero-order chi connectivity index (χ0) is 32.3. The summed E-state index contributed by atoms with van der Waals surface area (Å²) in [4.78, 5) is 32.2. The molecule has 2 aromatic carbocycles. The lowest BCUT2D eigenvalue weighted by Gasteiger charge is -2.43. The second-order valence-corrected chi connectivity index (χ2v) is 12.6. The van der Waals surface area contributed by atoms with Crippen LogP contribution in [0.25, 0.3) is 11.4 Å². The number of nitrogens with one attached hydrogen (secondary N) is 1. The molecule has 3 aliphatic rings. The van der Waals surface area contributed by atoms with Crippen molar-refractivity contribution < 1.29 is 23.7 Å².